The van der Waals surface area contributed by atoms with Crippen molar-refractivity contribution in [3.63, 3.8) is 0 Å². The highest BCUT2D eigenvalue weighted by atomic mass is 19.1. The van der Waals surface area contributed by atoms with E-state index in [-0.39, 0.29) is 12.1 Å². The molecule has 0 saturated heterocycles. The number of hydrogen-bond acceptors (Lipinski definition) is 2. The number of aliphatic hydroxyl groups is 1. The average Bonchev–Trinajstić information content (AvgIpc) is 2.46. The Morgan fingerprint density at radius 1 is 1.05 bits per heavy atom. The molecule has 0 fully saturated rings. The molecular weight excluding hydrogens is 264 g/mol. The highest BCUT2D eigenvalue weighted by Crippen LogP contribution is 2.14. The topological polar surface area (TPSA) is 49.3 Å². The maximum Gasteiger partial charge on any atom is 0.253 e. The minimum Gasteiger partial charge on any atom is -0.378 e. The predicted octanol–water partition coefficient (Wildman–Crippen LogP) is 2.31. The zero-order valence-corrected chi connectivity index (χ0v) is 10.5. The standard InChI is InChI=1S/C15H13F2NO2/c16-12-7-4-8-13(17)11(12)9-18-15(20)14(19)10-5-2-1-3-6-10/h1-8,14,19H,9H2,(H,18,20)/t14-/m1/s1. The van der Waals surface area contributed by atoms with Crippen LogP contribution < -0.4 is 5.32 Å². The summed E-state index contributed by atoms with van der Waals surface area (Å²) in [7, 11) is 0. The Balaban J connectivity index is 2.02. The fraction of sp³-hybridized carbons (Fsp3) is 0.133. The lowest BCUT2D eigenvalue weighted by atomic mass is 10.1. The van der Waals surface area contributed by atoms with Crippen LogP contribution >= 0.6 is 0 Å². The number of carbonyl (C=O) groups is 1. The van der Waals surface area contributed by atoms with E-state index in [0.717, 1.165) is 12.1 Å². The van der Waals surface area contributed by atoms with Crippen molar-refractivity contribution in [2.75, 3.05) is 0 Å². The van der Waals surface area contributed by atoms with E-state index >= 15 is 0 Å². The summed E-state index contributed by atoms with van der Waals surface area (Å²) >= 11 is 0. The molecule has 2 aromatic carbocycles. The van der Waals surface area contributed by atoms with Crippen LogP contribution in [0.15, 0.2) is 48.5 Å². The van der Waals surface area contributed by atoms with Crippen LogP contribution in [0.4, 0.5) is 8.78 Å². The Labute approximate surface area is 114 Å². The average molecular weight is 277 g/mol. The molecule has 0 aliphatic rings. The monoisotopic (exact) mass is 277 g/mol. The van der Waals surface area contributed by atoms with Crippen molar-refractivity contribution >= 4 is 5.91 Å². The molecule has 0 radical (unpaired) electrons. The molecule has 104 valence electrons. The number of rotatable bonds is 4. The largest absolute Gasteiger partial charge is 0.378 e. The SMILES string of the molecule is O=C(NCc1c(F)cccc1F)[C@H](O)c1ccccc1. The van der Waals surface area contributed by atoms with Crippen molar-refractivity contribution in [3.8, 4) is 0 Å². The van der Waals surface area contributed by atoms with Gasteiger partial charge in [0.2, 0.25) is 0 Å². The van der Waals surface area contributed by atoms with Gasteiger partial charge in [-0.05, 0) is 17.7 Å². The Morgan fingerprint density at radius 2 is 1.65 bits per heavy atom. The van der Waals surface area contributed by atoms with Crippen molar-refractivity contribution in [2.24, 2.45) is 0 Å². The van der Waals surface area contributed by atoms with Gasteiger partial charge >= 0.3 is 0 Å². The fourth-order valence-electron chi connectivity index (χ4n) is 1.76. The van der Waals surface area contributed by atoms with E-state index in [1.165, 1.54) is 6.07 Å². The number of nitrogens with one attached hydrogen (secondary N) is 1. The smallest absolute Gasteiger partial charge is 0.253 e. The molecule has 5 heteroatoms. The Morgan fingerprint density at radius 3 is 2.25 bits per heavy atom. The molecule has 0 unspecified atom stereocenters. The van der Waals surface area contributed by atoms with Crippen LogP contribution in [-0.2, 0) is 11.3 Å². The highest BCUT2D eigenvalue weighted by molar-refractivity contribution is 5.81. The first-order valence-corrected chi connectivity index (χ1v) is 6.03. The third kappa shape index (κ3) is 3.19. The molecule has 1 amide bonds. The summed E-state index contributed by atoms with van der Waals surface area (Å²) < 4.78 is 26.7. The van der Waals surface area contributed by atoms with Gasteiger partial charge in [0.05, 0.1) is 0 Å². The van der Waals surface area contributed by atoms with Gasteiger partial charge in [-0.15, -0.1) is 0 Å². The lowest BCUT2D eigenvalue weighted by molar-refractivity contribution is -0.129. The second kappa shape index (κ2) is 6.25. The van der Waals surface area contributed by atoms with Gasteiger partial charge in [0.1, 0.15) is 11.6 Å². The summed E-state index contributed by atoms with van der Waals surface area (Å²) in [6, 6.07) is 11.8. The summed E-state index contributed by atoms with van der Waals surface area (Å²) in [6.45, 7) is -0.318. The number of halogens is 2. The number of hydrogen-bond donors (Lipinski definition) is 2. The number of aliphatic hydroxyl groups excluding tert-OH is 1. The van der Waals surface area contributed by atoms with Gasteiger partial charge in [-0.3, -0.25) is 4.79 Å². The van der Waals surface area contributed by atoms with Gasteiger partial charge < -0.3 is 10.4 Å². The molecule has 0 saturated carbocycles. The van der Waals surface area contributed by atoms with E-state index in [1.54, 1.807) is 30.3 Å². The second-order valence-electron chi connectivity index (χ2n) is 4.23. The van der Waals surface area contributed by atoms with Gasteiger partial charge in [-0.2, -0.15) is 0 Å². The second-order valence-corrected chi connectivity index (χ2v) is 4.23. The summed E-state index contributed by atoms with van der Waals surface area (Å²) in [5, 5.41) is 12.1. The van der Waals surface area contributed by atoms with Crippen LogP contribution in [0.5, 0.6) is 0 Å². The van der Waals surface area contributed by atoms with E-state index in [4.69, 9.17) is 0 Å². The van der Waals surface area contributed by atoms with Crippen molar-refractivity contribution in [1.82, 2.24) is 5.32 Å². The fourth-order valence-corrected chi connectivity index (χ4v) is 1.76. The minimum absolute atomic E-state index is 0.235. The minimum atomic E-state index is -1.37. The van der Waals surface area contributed by atoms with Crippen LogP contribution in [0.25, 0.3) is 0 Å². The summed E-state index contributed by atoms with van der Waals surface area (Å²) in [5.41, 5.74) is 0.181. The maximum absolute atomic E-state index is 13.4. The molecule has 0 bridgehead atoms. The third-order valence-corrected chi connectivity index (χ3v) is 2.86. The first kappa shape index (κ1) is 14.1. The van der Waals surface area contributed by atoms with E-state index in [1.807, 2.05) is 0 Å². The van der Waals surface area contributed by atoms with Crippen LogP contribution in [0.1, 0.15) is 17.2 Å². The zero-order valence-electron chi connectivity index (χ0n) is 10.5. The zero-order chi connectivity index (χ0) is 14.5. The molecule has 3 nitrogen and oxygen atoms in total. The lowest BCUT2D eigenvalue weighted by Crippen LogP contribution is -2.29. The van der Waals surface area contributed by atoms with E-state index in [9.17, 15) is 18.7 Å². The molecule has 1 atom stereocenters. The summed E-state index contributed by atoms with van der Waals surface area (Å²) in [6.07, 6.45) is -1.37. The van der Waals surface area contributed by atoms with Crippen LogP contribution in [0.2, 0.25) is 0 Å². The first-order chi connectivity index (χ1) is 9.59. The van der Waals surface area contributed by atoms with Crippen LogP contribution in [0.3, 0.4) is 0 Å². The molecule has 0 aromatic heterocycles. The quantitative estimate of drug-likeness (QED) is 0.901. The normalized spacial score (nSPS) is 11.9. The Hall–Kier alpha value is -2.27. The van der Waals surface area contributed by atoms with Gasteiger partial charge in [-0.25, -0.2) is 8.78 Å². The van der Waals surface area contributed by atoms with Crippen molar-refractivity contribution < 1.29 is 18.7 Å². The molecule has 2 aromatic rings. The van der Waals surface area contributed by atoms with E-state index in [0.29, 0.717) is 5.56 Å². The number of amides is 1. The summed E-state index contributed by atoms with van der Waals surface area (Å²) in [5.74, 6) is -2.18. The van der Waals surface area contributed by atoms with E-state index < -0.39 is 23.6 Å². The van der Waals surface area contributed by atoms with E-state index in [2.05, 4.69) is 5.32 Å². The Bertz CT molecular complexity index is 582. The molecule has 2 N–H and O–H groups in total. The molecular formula is C15H13F2NO2. The van der Waals surface area contributed by atoms with Crippen LogP contribution in [-0.4, -0.2) is 11.0 Å². The summed E-state index contributed by atoms with van der Waals surface area (Å²) in [4.78, 5) is 11.7. The van der Waals surface area contributed by atoms with Gasteiger partial charge in [0.15, 0.2) is 6.10 Å². The van der Waals surface area contributed by atoms with Crippen LogP contribution in [0, 0.1) is 11.6 Å². The molecule has 20 heavy (non-hydrogen) atoms. The highest BCUT2D eigenvalue weighted by Gasteiger charge is 2.17. The van der Waals surface area contributed by atoms with Gasteiger partial charge in [0.25, 0.3) is 5.91 Å². The number of benzene rings is 2. The predicted molar refractivity (Wildman–Crippen MR) is 69.6 cm³/mol. The molecule has 0 aliphatic carbocycles. The number of carbonyl (C=O) groups excluding carboxylic acids is 1. The third-order valence-electron chi connectivity index (χ3n) is 2.86. The molecule has 0 spiro atoms. The Kier molecular flexibility index (Phi) is 4.42. The van der Waals surface area contributed by atoms with Gasteiger partial charge in [-0.1, -0.05) is 36.4 Å². The molecule has 0 heterocycles. The maximum atomic E-state index is 13.4. The molecule has 2 rings (SSSR count). The van der Waals surface area contributed by atoms with Crippen molar-refractivity contribution in [1.29, 1.82) is 0 Å². The lowest BCUT2D eigenvalue weighted by Gasteiger charge is -2.12. The van der Waals surface area contributed by atoms with Crippen molar-refractivity contribution in [2.45, 2.75) is 12.6 Å². The molecule has 0 aliphatic heterocycles. The van der Waals surface area contributed by atoms with Gasteiger partial charge in [0, 0.05) is 12.1 Å². The first-order valence-electron chi connectivity index (χ1n) is 6.03. The van der Waals surface area contributed by atoms with Crippen molar-refractivity contribution in [3.05, 3.63) is 71.3 Å².